The molecule has 1 aromatic rings. The lowest BCUT2D eigenvalue weighted by Gasteiger charge is -2.20. The Morgan fingerprint density at radius 1 is 1.00 bits per heavy atom. The molecule has 2 aliphatic carbocycles. The second kappa shape index (κ2) is 5.84. The van der Waals surface area contributed by atoms with Gasteiger partial charge < -0.3 is 11.1 Å². The number of rotatable bonds is 3. The number of benzene rings is 1. The fraction of sp³-hybridized carbons (Fsp3) is 0.294. The van der Waals surface area contributed by atoms with Crippen LogP contribution in [0.5, 0.6) is 0 Å². The quantitative estimate of drug-likeness (QED) is 0.352. The normalized spacial score (nSPS) is 29.8. The number of allylic oxidation sites excluding steroid dienone is 4. The Bertz CT molecular complexity index is 676. The summed E-state index contributed by atoms with van der Waals surface area (Å²) in [5, 5.41) is 0. The third-order valence-corrected chi connectivity index (χ3v) is 4.41. The first-order chi connectivity index (χ1) is 10.3. The second-order valence-corrected chi connectivity index (χ2v) is 5.56. The standard InChI is InChI=1S/C17H16N4/c18-20-10-15-9-14-8-13(12-4-2-1-3-5-12)6-7-16(14)17(15)11-21-19/h1-8,10-11,13,15-17H,9H2/t13-,15-,16+,17+/m0/s1. The first-order valence-electron chi connectivity index (χ1n) is 7.12. The van der Waals surface area contributed by atoms with Crippen LogP contribution in [0.1, 0.15) is 17.9 Å². The largest absolute Gasteiger partial charge is 0.362 e. The molecule has 2 aliphatic rings. The molecule has 104 valence electrons. The van der Waals surface area contributed by atoms with Gasteiger partial charge in [-0.05, 0) is 12.0 Å². The lowest BCUT2D eigenvalue weighted by Crippen LogP contribution is -2.18. The van der Waals surface area contributed by atoms with Crippen LogP contribution in [0.3, 0.4) is 0 Å². The molecule has 0 aliphatic heterocycles. The second-order valence-electron chi connectivity index (χ2n) is 5.56. The van der Waals surface area contributed by atoms with Crippen LogP contribution in [0, 0.1) is 17.8 Å². The van der Waals surface area contributed by atoms with E-state index in [1.165, 1.54) is 17.4 Å². The lowest BCUT2D eigenvalue weighted by molar-refractivity contribution is -0.0122. The van der Waals surface area contributed by atoms with E-state index in [0.717, 1.165) is 6.42 Å². The maximum atomic E-state index is 8.85. The molecule has 0 saturated heterocycles. The van der Waals surface area contributed by atoms with Crippen molar-refractivity contribution in [3.05, 3.63) is 70.8 Å². The molecule has 0 N–H and O–H groups in total. The SMILES string of the molecule is [N-]=[N+]=C[C@@H]1[C@H](C=[N+]=[N-])CC2=C[C@@H](c3ccccc3)C=C[C@H]21. The Kier molecular flexibility index (Phi) is 3.74. The first-order valence-corrected chi connectivity index (χ1v) is 7.12. The summed E-state index contributed by atoms with van der Waals surface area (Å²) in [5.41, 5.74) is 20.2. The number of nitrogens with zero attached hydrogens (tertiary/aromatic N) is 4. The van der Waals surface area contributed by atoms with Crippen molar-refractivity contribution in [1.82, 2.24) is 0 Å². The summed E-state index contributed by atoms with van der Waals surface area (Å²) in [7, 11) is 0. The van der Waals surface area contributed by atoms with Crippen molar-refractivity contribution >= 4 is 12.4 Å². The van der Waals surface area contributed by atoms with Crippen molar-refractivity contribution in [2.75, 3.05) is 0 Å². The molecule has 0 aromatic heterocycles. The predicted octanol–water partition coefficient (Wildman–Crippen LogP) is 3.12. The zero-order valence-corrected chi connectivity index (χ0v) is 11.6. The van der Waals surface area contributed by atoms with Crippen LogP contribution in [0.2, 0.25) is 0 Å². The Hall–Kier alpha value is -2.54. The minimum Gasteiger partial charge on any atom is -0.362 e. The summed E-state index contributed by atoms with van der Waals surface area (Å²) >= 11 is 0. The fourth-order valence-electron chi connectivity index (χ4n) is 3.42. The van der Waals surface area contributed by atoms with Gasteiger partial charge in [0, 0.05) is 11.8 Å². The van der Waals surface area contributed by atoms with Crippen LogP contribution in [0.25, 0.3) is 11.1 Å². The molecule has 0 amide bonds. The summed E-state index contributed by atoms with van der Waals surface area (Å²) in [4.78, 5) is 6.35. The average molecular weight is 276 g/mol. The Labute approximate surface area is 123 Å². The summed E-state index contributed by atoms with van der Waals surface area (Å²) < 4.78 is 0. The van der Waals surface area contributed by atoms with Crippen LogP contribution in [0.4, 0.5) is 0 Å². The summed E-state index contributed by atoms with van der Waals surface area (Å²) in [6.07, 6.45) is 10.6. The van der Waals surface area contributed by atoms with Gasteiger partial charge in [0.25, 0.3) is 12.4 Å². The monoisotopic (exact) mass is 276 g/mol. The highest BCUT2D eigenvalue weighted by atomic mass is 14.9. The van der Waals surface area contributed by atoms with E-state index in [-0.39, 0.29) is 23.7 Å². The highest BCUT2D eigenvalue weighted by molar-refractivity contribution is 5.70. The predicted molar refractivity (Wildman–Crippen MR) is 80.9 cm³/mol. The average Bonchev–Trinajstić information content (AvgIpc) is 2.86. The van der Waals surface area contributed by atoms with E-state index in [9.17, 15) is 0 Å². The van der Waals surface area contributed by atoms with Crippen molar-refractivity contribution in [2.24, 2.45) is 17.8 Å². The third kappa shape index (κ3) is 2.55. The summed E-state index contributed by atoms with van der Waals surface area (Å²) in [6.45, 7) is 0. The maximum absolute atomic E-state index is 8.85. The van der Waals surface area contributed by atoms with Crippen LogP contribution >= 0.6 is 0 Å². The number of hydrogen-bond acceptors (Lipinski definition) is 0. The minimum absolute atomic E-state index is 0.0464. The highest BCUT2D eigenvalue weighted by Crippen LogP contribution is 2.44. The van der Waals surface area contributed by atoms with E-state index < -0.39 is 0 Å². The lowest BCUT2D eigenvalue weighted by atomic mass is 9.83. The molecule has 4 atom stereocenters. The van der Waals surface area contributed by atoms with E-state index in [0.29, 0.717) is 0 Å². The van der Waals surface area contributed by atoms with E-state index in [2.05, 4.69) is 39.9 Å². The molecular formula is C17H16N4. The van der Waals surface area contributed by atoms with Crippen molar-refractivity contribution in [2.45, 2.75) is 12.3 Å². The molecule has 0 unspecified atom stereocenters. The van der Waals surface area contributed by atoms with E-state index in [1.54, 1.807) is 6.21 Å². The van der Waals surface area contributed by atoms with Crippen LogP contribution in [0.15, 0.2) is 54.1 Å². The van der Waals surface area contributed by atoms with Gasteiger partial charge >= 0.3 is 0 Å². The molecule has 0 radical (unpaired) electrons. The molecule has 0 spiro atoms. The number of fused-ring (bicyclic) bond motifs is 1. The Morgan fingerprint density at radius 2 is 1.76 bits per heavy atom. The Balaban J connectivity index is 1.92. The zero-order valence-electron chi connectivity index (χ0n) is 11.6. The van der Waals surface area contributed by atoms with Crippen LogP contribution in [-0.2, 0) is 0 Å². The van der Waals surface area contributed by atoms with Crippen molar-refractivity contribution in [3.8, 4) is 0 Å². The van der Waals surface area contributed by atoms with Gasteiger partial charge in [-0.1, -0.05) is 54.1 Å². The highest BCUT2D eigenvalue weighted by Gasteiger charge is 2.42. The zero-order chi connectivity index (χ0) is 14.7. The van der Waals surface area contributed by atoms with Crippen molar-refractivity contribution in [3.63, 3.8) is 0 Å². The Morgan fingerprint density at radius 3 is 2.48 bits per heavy atom. The molecule has 21 heavy (non-hydrogen) atoms. The van der Waals surface area contributed by atoms with Crippen LogP contribution < -0.4 is 0 Å². The van der Waals surface area contributed by atoms with Gasteiger partial charge in [0.05, 0.1) is 11.8 Å². The smallest absolute Gasteiger partial charge is 0.262 e. The molecule has 1 fully saturated rings. The molecule has 0 bridgehead atoms. The van der Waals surface area contributed by atoms with Gasteiger partial charge in [-0.25, -0.2) is 0 Å². The first kappa shape index (κ1) is 13.4. The number of hydrogen-bond donors (Lipinski definition) is 0. The van der Waals surface area contributed by atoms with Gasteiger partial charge in [-0.15, -0.1) is 0 Å². The van der Waals surface area contributed by atoms with E-state index in [4.69, 9.17) is 11.1 Å². The maximum Gasteiger partial charge on any atom is 0.262 e. The van der Waals surface area contributed by atoms with Crippen molar-refractivity contribution in [1.29, 1.82) is 0 Å². The fourth-order valence-corrected chi connectivity index (χ4v) is 3.42. The molecule has 1 aromatic carbocycles. The van der Waals surface area contributed by atoms with E-state index >= 15 is 0 Å². The third-order valence-electron chi connectivity index (χ3n) is 4.41. The van der Waals surface area contributed by atoms with Gasteiger partial charge in [-0.2, -0.15) is 9.58 Å². The summed E-state index contributed by atoms with van der Waals surface area (Å²) in [6, 6.07) is 10.4. The van der Waals surface area contributed by atoms with Crippen LogP contribution in [-0.4, -0.2) is 22.0 Å². The minimum atomic E-state index is 0.0464. The van der Waals surface area contributed by atoms with E-state index in [1.807, 2.05) is 18.2 Å². The molecule has 1 saturated carbocycles. The topological polar surface area (TPSA) is 72.8 Å². The van der Waals surface area contributed by atoms with Gasteiger partial charge in [0.2, 0.25) is 0 Å². The molecule has 0 heterocycles. The van der Waals surface area contributed by atoms with Gasteiger partial charge in [0.15, 0.2) is 0 Å². The summed E-state index contributed by atoms with van der Waals surface area (Å²) in [5.74, 6) is 0.629. The van der Waals surface area contributed by atoms with Gasteiger partial charge in [-0.3, -0.25) is 0 Å². The molecule has 4 nitrogen and oxygen atoms in total. The van der Waals surface area contributed by atoms with Gasteiger partial charge in [0.1, 0.15) is 0 Å². The molecule has 3 rings (SSSR count). The molecular weight excluding hydrogens is 260 g/mol. The van der Waals surface area contributed by atoms with Crippen molar-refractivity contribution < 1.29 is 9.58 Å². The molecule has 4 heteroatoms.